The molecular weight excluding hydrogens is 318 g/mol. The van der Waals surface area contributed by atoms with Crippen LogP contribution in [-0.4, -0.2) is 36.4 Å². The average molecular weight is 341 g/mol. The molecule has 5 heteroatoms. The van der Waals surface area contributed by atoms with E-state index in [9.17, 15) is 4.79 Å². The molecule has 126 valence electrons. The molecule has 24 heavy (non-hydrogen) atoms. The third-order valence-corrected chi connectivity index (χ3v) is 5.28. The molecule has 0 unspecified atom stereocenters. The van der Waals surface area contributed by atoms with Gasteiger partial charge in [0.1, 0.15) is 0 Å². The molecule has 0 bridgehead atoms. The van der Waals surface area contributed by atoms with Gasteiger partial charge in [0.05, 0.1) is 6.04 Å². The number of aromatic amines is 1. The number of nitrogens with zero attached hydrogens (tertiary/aromatic N) is 1. The predicted octanol–water partition coefficient (Wildman–Crippen LogP) is 3.88. The highest BCUT2D eigenvalue weighted by Crippen LogP contribution is 2.23. The quantitative estimate of drug-likeness (QED) is 0.740. The number of thiophene rings is 1. The average Bonchev–Trinajstić information content (AvgIpc) is 3.16. The number of aryl methyl sites for hydroxylation is 2. The van der Waals surface area contributed by atoms with Gasteiger partial charge in [0.2, 0.25) is 0 Å². The van der Waals surface area contributed by atoms with E-state index >= 15 is 0 Å². The molecule has 0 fully saturated rings. The summed E-state index contributed by atoms with van der Waals surface area (Å²) in [6, 6.07) is 8.12. The first-order valence-corrected chi connectivity index (χ1v) is 8.97. The van der Waals surface area contributed by atoms with Crippen molar-refractivity contribution in [3.8, 4) is 0 Å². The molecule has 0 aliphatic heterocycles. The van der Waals surface area contributed by atoms with Gasteiger partial charge in [-0.1, -0.05) is 0 Å². The fraction of sp³-hybridized carbons (Fsp3) is 0.316. The van der Waals surface area contributed by atoms with Crippen LogP contribution in [0.4, 0.5) is 0 Å². The first-order valence-electron chi connectivity index (χ1n) is 8.03. The number of benzene rings is 1. The van der Waals surface area contributed by atoms with Gasteiger partial charge in [-0.05, 0) is 74.1 Å². The van der Waals surface area contributed by atoms with Crippen molar-refractivity contribution in [2.75, 3.05) is 20.6 Å². The highest BCUT2D eigenvalue weighted by Gasteiger charge is 2.17. The molecule has 1 aromatic carbocycles. The number of fused-ring (bicyclic) bond motifs is 1. The lowest BCUT2D eigenvalue weighted by atomic mass is 10.1. The summed E-state index contributed by atoms with van der Waals surface area (Å²) >= 11 is 1.68. The zero-order chi connectivity index (χ0) is 17.3. The fourth-order valence-corrected chi connectivity index (χ4v) is 3.66. The van der Waals surface area contributed by atoms with Crippen LogP contribution in [0.25, 0.3) is 10.9 Å². The van der Waals surface area contributed by atoms with Crippen LogP contribution in [0.2, 0.25) is 0 Å². The lowest BCUT2D eigenvalue weighted by molar-refractivity contribution is 0.0942. The third kappa shape index (κ3) is 3.23. The zero-order valence-corrected chi connectivity index (χ0v) is 15.3. The molecule has 0 saturated heterocycles. The minimum atomic E-state index is -0.0303. The maximum absolute atomic E-state index is 12.6. The van der Waals surface area contributed by atoms with Gasteiger partial charge in [0.25, 0.3) is 5.91 Å². The zero-order valence-electron chi connectivity index (χ0n) is 14.5. The molecule has 2 aromatic heterocycles. The molecule has 0 spiro atoms. The minimum absolute atomic E-state index is 0.0303. The fourth-order valence-electron chi connectivity index (χ4n) is 2.96. The molecule has 3 rings (SSSR count). The van der Waals surface area contributed by atoms with Gasteiger partial charge in [-0.15, -0.1) is 0 Å². The highest BCUT2D eigenvalue weighted by molar-refractivity contribution is 7.07. The van der Waals surface area contributed by atoms with Gasteiger partial charge in [-0.25, -0.2) is 0 Å². The van der Waals surface area contributed by atoms with E-state index in [-0.39, 0.29) is 11.9 Å². The van der Waals surface area contributed by atoms with Crippen LogP contribution in [0.5, 0.6) is 0 Å². The number of hydrogen-bond acceptors (Lipinski definition) is 3. The summed E-state index contributed by atoms with van der Waals surface area (Å²) < 4.78 is 0. The van der Waals surface area contributed by atoms with Crippen molar-refractivity contribution in [2.45, 2.75) is 19.9 Å². The molecule has 1 atom stereocenters. The van der Waals surface area contributed by atoms with Gasteiger partial charge in [0.15, 0.2) is 0 Å². The van der Waals surface area contributed by atoms with Crippen molar-refractivity contribution in [1.82, 2.24) is 15.2 Å². The molecule has 2 N–H and O–H groups in total. The second kappa shape index (κ2) is 6.79. The number of carbonyl (C=O) groups is 1. The van der Waals surface area contributed by atoms with Gasteiger partial charge < -0.3 is 15.2 Å². The van der Waals surface area contributed by atoms with E-state index < -0.39 is 0 Å². The molecule has 0 aliphatic rings. The Morgan fingerprint density at radius 2 is 2.08 bits per heavy atom. The van der Waals surface area contributed by atoms with Gasteiger partial charge in [-0.2, -0.15) is 11.3 Å². The molecule has 0 saturated carbocycles. The molecule has 3 aromatic rings. The largest absolute Gasteiger partial charge is 0.358 e. The predicted molar refractivity (Wildman–Crippen MR) is 101 cm³/mol. The lowest BCUT2D eigenvalue weighted by Gasteiger charge is -2.24. The third-order valence-electron chi connectivity index (χ3n) is 4.58. The molecule has 0 radical (unpaired) electrons. The van der Waals surface area contributed by atoms with E-state index in [0.717, 1.165) is 16.6 Å². The maximum atomic E-state index is 12.6. The number of nitrogens with one attached hydrogen (secondary N) is 2. The summed E-state index contributed by atoms with van der Waals surface area (Å²) in [5, 5.41) is 8.39. The number of rotatable bonds is 5. The number of amides is 1. The molecule has 4 nitrogen and oxygen atoms in total. The van der Waals surface area contributed by atoms with Crippen molar-refractivity contribution in [3.63, 3.8) is 0 Å². The summed E-state index contributed by atoms with van der Waals surface area (Å²) in [7, 11) is 4.07. The number of likely N-dealkylation sites (N-methyl/N-ethyl adjacent to an activating group) is 1. The van der Waals surface area contributed by atoms with Crippen LogP contribution in [-0.2, 0) is 0 Å². The van der Waals surface area contributed by atoms with Crippen LogP contribution in [0.15, 0.2) is 35.0 Å². The Labute approximate surface area is 146 Å². The Bertz CT molecular complexity index is 849. The summed E-state index contributed by atoms with van der Waals surface area (Å²) in [6.45, 7) is 4.72. The van der Waals surface area contributed by atoms with E-state index in [1.807, 2.05) is 32.3 Å². The smallest absolute Gasteiger partial charge is 0.251 e. The summed E-state index contributed by atoms with van der Waals surface area (Å²) in [6.07, 6.45) is 0. The van der Waals surface area contributed by atoms with Gasteiger partial charge in [0, 0.05) is 28.7 Å². The van der Waals surface area contributed by atoms with Crippen molar-refractivity contribution >= 4 is 28.1 Å². The topological polar surface area (TPSA) is 48.1 Å². The standard InChI is InChI=1S/C19H23N3OS/c1-12-13(2)21-17-6-5-14(9-16(12)17)19(23)20-10-18(22(3)4)15-7-8-24-11-15/h5-9,11,18,21H,10H2,1-4H3,(H,20,23)/t18-/m0/s1. The molecule has 1 amide bonds. The van der Waals surface area contributed by atoms with Crippen molar-refractivity contribution in [1.29, 1.82) is 0 Å². The Balaban J connectivity index is 1.76. The van der Waals surface area contributed by atoms with Gasteiger partial charge in [-0.3, -0.25) is 4.79 Å². The number of carbonyl (C=O) groups excluding carboxylic acids is 1. The van der Waals surface area contributed by atoms with Crippen molar-refractivity contribution < 1.29 is 4.79 Å². The summed E-state index contributed by atoms with van der Waals surface area (Å²) in [5.74, 6) is -0.0303. The maximum Gasteiger partial charge on any atom is 0.251 e. The Morgan fingerprint density at radius 3 is 2.75 bits per heavy atom. The van der Waals surface area contributed by atoms with E-state index in [0.29, 0.717) is 12.1 Å². The Hall–Kier alpha value is -2.11. The number of hydrogen-bond donors (Lipinski definition) is 2. The van der Waals surface area contributed by atoms with E-state index in [1.54, 1.807) is 11.3 Å². The van der Waals surface area contributed by atoms with Crippen LogP contribution >= 0.6 is 11.3 Å². The molecule has 0 aliphatic carbocycles. The number of H-pyrrole nitrogens is 1. The monoisotopic (exact) mass is 341 g/mol. The summed E-state index contributed by atoms with van der Waals surface area (Å²) in [5.41, 5.74) is 5.35. The molecule has 2 heterocycles. The van der Waals surface area contributed by atoms with Crippen LogP contribution in [0.1, 0.15) is 33.2 Å². The SMILES string of the molecule is Cc1[nH]c2ccc(C(=O)NC[C@@H](c3ccsc3)N(C)C)cc2c1C. The second-order valence-corrected chi connectivity index (χ2v) is 7.16. The lowest BCUT2D eigenvalue weighted by Crippen LogP contribution is -2.34. The van der Waals surface area contributed by atoms with E-state index in [4.69, 9.17) is 0 Å². The van der Waals surface area contributed by atoms with E-state index in [2.05, 4.69) is 45.9 Å². The minimum Gasteiger partial charge on any atom is -0.358 e. The van der Waals surface area contributed by atoms with Crippen LogP contribution < -0.4 is 5.32 Å². The Kier molecular flexibility index (Phi) is 4.73. The van der Waals surface area contributed by atoms with E-state index in [1.165, 1.54) is 11.1 Å². The highest BCUT2D eigenvalue weighted by atomic mass is 32.1. The first kappa shape index (κ1) is 16.7. The van der Waals surface area contributed by atoms with Gasteiger partial charge >= 0.3 is 0 Å². The second-order valence-electron chi connectivity index (χ2n) is 6.38. The molecular formula is C19H23N3OS. The van der Waals surface area contributed by atoms with Crippen molar-refractivity contribution in [3.05, 3.63) is 57.4 Å². The van der Waals surface area contributed by atoms with Crippen LogP contribution in [0, 0.1) is 13.8 Å². The van der Waals surface area contributed by atoms with Crippen molar-refractivity contribution in [2.24, 2.45) is 0 Å². The summed E-state index contributed by atoms with van der Waals surface area (Å²) in [4.78, 5) is 18.0. The van der Waals surface area contributed by atoms with Crippen LogP contribution in [0.3, 0.4) is 0 Å². The first-order chi connectivity index (χ1) is 11.5. The normalized spacial score (nSPS) is 12.7. The Morgan fingerprint density at radius 1 is 1.29 bits per heavy atom. The number of aromatic nitrogens is 1.